The molecule has 1 heterocycles. The van der Waals surface area contributed by atoms with Gasteiger partial charge in [-0.05, 0) is 72.7 Å². The molecule has 38 heavy (non-hydrogen) atoms. The van der Waals surface area contributed by atoms with Gasteiger partial charge < -0.3 is 24.8 Å². The molecular formula is C32H36N2O4. The lowest BCUT2D eigenvalue weighted by molar-refractivity contribution is -0.116. The molecule has 0 saturated heterocycles. The van der Waals surface area contributed by atoms with E-state index in [2.05, 4.69) is 36.6 Å². The number of para-hydroxylation sites is 2. The molecule has 6 nitrogen and oxygen atoms in total. The third kappa shape index (κ3) is 5.35. The summed E-state index contributed by atoms with van der Waals surface area (Å²) in [4.78, 5) is 13.9. The summed E-state index contributed by atoms with van der Waals surface area (Å²) in [6.07, 6.45) is 3.09. The number of benzene rings is 3. The average Bonchev–Trinajstić information content (AvgIpc) is 3.12. The van der Waals surface area contributed by atoms with Gasteiger partial charge in [0.1, 0.15) is 5.75 Å². The van der Waals surface area contributed by atoms with Gasteiger partial charge >= 0.3 is 0 Å². The van der Waals surface area contributed by atoms with E-state index >= 15 is 0 Å². The molecule has 2 aliphatic rings. The van der Waals surface area contributed by atoms with Crippen molar-refractivity contribution in [1.29, 1.82) is 0 Å². The number of hydrogen-bond donors (Lipinski definition) is 2. The van der Waals surface area contributed by atoms with Crippen molar-refractivity contribution in [2.45, 2.75) is 51.5 Å². The van der Waals surface area contributed by atoms with E-state index in [1.807, 2.05) is 54.6 Å². The molecule has 3 aromatic carbocycles. The number of anilines is 2. The normalized spacial score (nSPS) is 18.4. The van der Waals surface area contributed by atoms with Gasteiger partial charge in [-0.3, -0.25) is 4.79 Å². The van der Waals surface area contributed by atoms with E-state index in [0.717, 1.165) is 58.8 Å². The molecule has 0 saturated carbocycles. The highest BCUT2D eigenvalue weighted by molar-refractivity contribution is 6.01. The number of Topliss-reactive ketones (excluding diaryl/α,β-unsaturated/α-hetero) is 1. The van der Waals surface area contributed by atoms with Crippen LogP contribution in [0.25, 0.3) is 0 Å². The first-order valence-electron chi connectivity index (χ1n) is 13.5. The molecule has 3 aromatic rings. The second-order valence-corrected chi connectivity index (χ2v) is 9.84. The standard InChI is InChI=1S/C32H36N2O4/c1-4-16-37-24-13-10-21(11-14-24)23-18-27-31(28(35)19-23)32(34-26-9-7-6-8-25(26)33-27)22-12-15-29(38-17-5-2)30(20-22)36-3/h6-15,20,23,32-34H,4-5,16-19H2,1-3H3. The molecule has 0 radical (unpaired) electrons. The van der Waals surface area contributed by atoms with Crippen LogP contribution in [0, 0.1) is 0 Å². The first kappa shape index (κ1) is 25.7. The fourth-order valence-electron chi connectivity index (χ4n) is 5.23. The average molecular weight is 513 g/mol. The number of ketones is 1. The number of rotatable bonds is 9. The second-order valence-electron chi connectivity index (χ2n) is 9.84. The molecule has 5 rings (SSSR count). The number of nitrogens with one attached hydrogen (secondary N) is 2. The molecule has 0 fully saturated rings. The van der Waals surface area contributed by atoms with Crippen LogP contribution in [0.15, 0.2) is 78.0 Å². The third-order valence-electron chi connectivity index (χ3n) is 7.12. The van der Waals surface area contributed by atoms with E-state index < -0.39 is 0 Å². The monoisotopic (exact) mass is 512 g/mol. The summed E-state index contributed by atoms with van der Waals surface area (Å²) in [5, 5.41) is 7.26. The van der Waals surface area contributed by atoms with Gasteiger partial charge in [0.05, 0.1) is 37.7 Å². The smallest absolute Gasteiger partial charge is 0.163 e. The Morgan fingerprint density at radius 3 is 2.26 bits per heavy atom. The molecule has 0 bridgehead atoms. The highest BCUT2D eigenvalue weighted by atomic mass is 16.5. The van der Waals surface area contributed by atoms with Gasteiger partial charge in [-0.25, -0.2) is 0 Å². The zero-order valence-corrected chi connectivity index (χ0v) is 22.4. The molecule has 0 spiro atoms. The van der Waals surface area contributed by atoms with E-state index in [1.54, 1.807) is 7.11 Å². The Labute approximate surface area is 225 Å². The highest BCUT2D eigenvalue weighted by Gasteiger charge is 2.36. The van der Waals surface area contributed by atoms with Crippen LogP contribution in [0.1, 0.15) is 62.6 Å². The third-order valence-corrected chi connectivity index (χ3v) is 7.12. The van der Waals surface area contributed by atoms with Crippen LogP contribution in [-0.2, 0) is 4.79 Å². The number of fused-ring (bicyclic) bond motifs is 1. The van der Waals surface area contributed by atoms with Gasteiger partial charge in [-0.15, -0.1) is 0 Å². The highest BCUT2D eigenvalue weighted by Crippen LogP contribution is 2.45. The predicted molar refractivity (Wildman–Crippen MR) is 151 cm³/mol. The van der Waals surface area contributed by atoms with Crippen LogP contribution >= 0.6 is 0 Å². The van der Waals surface area contributed by atoms with Crippen molar-refractivity contribution in [3.8, 4) is 17.2 Å². The predicted octanol–water partition coefficient (Wildman–Crippen LogP) is 7.25. The zero-order chi connectivity index (χ0) is 26.5. The van der Waals surface area contributed by atoms with Crippen LogP contribution in [-0.4, -0.2) is 26.1 Å². The van der Waals surface area contributed by atoms with Crippen LogP contribution in [0.2, 0.25) is 0 Å². The van der Waals surface area contributed by atoms with Gasteiger partial charge in [-0.2, -0.15) is 0 Å². The Bertz CT molecular complexity index is 1320. The van der Waals surface area contributed by atoms with Crippen molar-refractivity contribution < 1.29 is 19.0 Å². The molecule has 2 unspecified atom stereocenters. The summed E-state index contributed by atoms with van der Waals surface area (Å²) in [5.41, 5.74) is 5.78. The Hall–Kier alpha value is -3.93. The Morgan fingerprint density at radius 1 is 0.816 bits per heavy atom. The molecule has 6 heteroatoms. The minimum Gasteiger partial charge on any atom is -0.494 e. The quantitative estimate of drug-likeness (QED) is 0.315. The van der Waals surface area contributed by atoms with Crippen LogP contribution in [0.3, 0.4) is 0 Å². The molecule has 198 valence electrons. The summed E-state index contributed by atoms with van der Waals surface area (Å²) in [5.74, 6) is 2.48. The summed E-state index contributed by atoms with van der Waals surface area (Å²) in [6.45, 7) is 5.49. The maximum absolute atomic E-state index is 13.9. The number of methoxy groups -OCH3 is 1. The molecule has 1 aliphatic carbocycles. The number of carbonyl (C=O) groups is 1. The topological polar surface area (TPSA) is 68.8 Å². The Kier molecular flexibility index (Phi) is 7.87. The maximum Gasteiger partial charge on any atom is 0.163 e. The molecule has 2 atom stereocenters. The van der Waals surface area contributed by atoms with Crippen LogP contribution in [0.5, 0.6) is 17.2 Å². The Balaban J connectivity index is 1.51. The second kappa shape index (κ2) is 11.6. The van der Waals surface area contributed by atoms with Crippen molar-refractivity contribution in [3.63, 3.8) is 0 Å². The SMILES string of the molecule is CCCOc1ccc(C2CC(=O)C3=C(C2)Nc2ccccc2NC3c2ccc(OCCC)c(OC)c2)cc1. The van der Waals surface area contributed by atoms with Gasteiger partial charge in [-0.1, -0.05) is 44.2 Å². The van der Waals surface area contributed by atoms with E-state index in [4.69, 9.17) is 14.2 Å². The van der Waals surface area contributed by atoms with E-state index in [0.29, 0.717) is 31.1 Å². The Morgan fingerprint density at radius 2 is 1.53 bits per heavy atom. The number of ether oxygens (including phenoxy) is 3. The first-order valence-corrected chi connectivity index (χ1v) is 13.5. The largest absolute Gasteiger partial charge is 0.494 e. The minimum absolute atomic E-state index is 0.0965. The summed E-state index contributed by atoms with van der Waals surface area (Å²) < 4.78 is 17.3. The molecule has 0 aromatic heterocycles. The van der Waals surface area contributed by atoms with Gasteiger partial charge in [0.25, 0.3) is 0 Å². The van der Waals surface area contributed by atoms with E-state index in [-0.39, 0.29) is 17.7 Å². The number of allylic oxidation sites excluding steroid dienone is 1. The molecule has 1 aliphatic heterocycles. The summed E-state index contributed by atoms with van der Waals surface area (Å²) in [6, 6.07) is 21.9. The lowest BCUT2D eigenvalue weighted by atomic mass is 9.78. The summed E-state index contributed by atoms with van der Waals surface area (Å²) in [7, 11) is 1.65. The zero-order valence-electron chi connectivity index (χ0n) is 22.4. The molecular weight excluding hydrogens is 476 g/mol. The van der Waals surface area contributed by atoms with Crippen molar-refractivity contribution in [2.24, 2.45) is 0 Å². The van der Waals surface area contributed by atoms with Gasteiger partial charge in [0.15, 0.2) is 17.3 Å². The van der Waals surface area contributed by atoms with Crippen LogP contribution in [0.4, 0.5) is 11.4 Å². The van der Waals surface area contributed by atoms with E-state index in [9.17, 15) is 4.79 Å². The first-order chi connectivity index (χ1) is 18.6. The fourth-order valence-corrected chi connectivity index (χ4v) is 5.23. The maximum atomic E-state index is 13.9. The van der Waals surface area contributed by atoms with Gasteiger partial charge in [0.2, 0.25) is 0 Å². The fraction of sp³-hybridized carbons (Fsp3) is 0.344. The van der Waals surface area contributed by atoms with Crippen molar-refractivity contribution >= 4 is 17.2 Å². The van der Waals surface area contributed by atoms with Crippen molar-refractivity contribution in [3.05, 3.63) is 89.1 Å². The summed E-state index contributed by atoms with van der Waals surface area (Å²) >= 11 is 0. The van der Waals surface area contributed by atoms with E-state index in [1.165, 1.54) is 0 Å². The van der Waals surface area contributed by atoms with Crippen molar-refractivity contribution in [2.75, 3.05) is 31.0 Å². The van der Waals surface area contributed by atoms with Crippen LogP contribution < -0.4 is 24.8 Å². The lowest BCUT2D eigenvalue weighted by Gasteiger charge is -2.30. The molecule has 0 amide bonds. The number of hydrogen-bond acceptors (Lipinski definition) is 6. The lowest BCUT2D eigenvalue weighted by Crippen LogP contribution is -2.26. The molecule has 2 N–H and O–H groups in total. The van der Waals surface area contributed by atoms with Crippen molar-refractivity contribution in [1.82, 2.24) is 0 Å². The number of carbonyl (C=O) groups excluding carboxylic acids is 1. The van der Waals surface area contributed by atoms with Gasteiger partial charge in [0, 0.05) is 17.7 Å². The minimum atomic E-state index is -0.312.